The van der Waals surface area contributed by atoms with Gasteiger partial charge in [-0.25, -0.2) is 9.18 Å². The van der Waals surface area contributed by atoms with Crippen molar-refractivity contribution in [2.75, 3.05) is 6.54 Å². The van der Waals surface area contributed by atoms with Crippen LogP contribution in [0, 0.1) is 15.9 Å². The third-order valence-corrected chi connectivity index (χ3v) is 9.29. The predicted molar refractivity (Wildman–Crippen MR) is 165 cm³/mol. The van der Waals surface area contributed by atoms with E-state index in [4.69, 9.17) is 4.98 Å². The number of hydrogen-bond acceptors (Lipinski definition) is 6. The van der Waals surface area contributed by atoms with Gasteiger partial charge in [0.25, 0.3) is 17.5 Å². The Bertz CT molecular complexity index is 1940. The number of nitrogens with zero attached hydrogens (tertiary/aromatic N) is 3. The van der Waals surface area contributed by atoms with Crippen LogP contribution in [0.25, 0.3) is 11.1 Å². The number of nitro benzene ring substituents is 1. The molecule has 11 heteroatoms. The fourth-order valence-corrected chi connectivity index (χ4v) is 7.13. The van der Waals surface area contributed by atoms with E-state index < -0.39 is 34.2 Å². The minimum atomic E-state index is -1.38. The number of carboxylic acid groups (broad SMARTS) is 1. The molecule has 10 nitrogen and oxygen atoms in total. The Morgan fingerprint density at radius 2 is 1.83 bits per heavy atom. The number of nitrogens with one attached hydrogen (secondary N) is 1. The molecule has 0 bridgehead atoms. The van der Waals surface area contributed by atoms with Gasteiger partial charge in [-0.05, 0) is 79.5 Å². The molecule has 7 rings (SSSR count). The largest absolute Gasteiger partial charge is 0.478 e. The Hall–Kier alpha value is -5.45. The summed E-state index contributed by atoms with van der Waals surface area (Å²) in [7, 11) is 0. The van der Waals surface area contributed by atoms with Gasteiger partial charge in [-0.3, -0.25) is 24.7 Å². The van der Waals surface area contributed by atoms with E-state index in [1.54, 1.807) is 17.0 Å². The van der Waals surface area contributed by atoms with Gasteiger partial charge in [0, 0.05) is 23.7 Å². The van der Waals surface area contributed by atoms with E-state index in [1.165, 1.54) is 24.3 Å². The van der Waals surface area contributed by atoms with E-state index in [-0.39, 0.29) is 52.0 Å². The van der Waals surface area contributed by atoms with Gasteiger partial charge in [-0.2, -0.15) is 0 Å². The predicted octanol–water partition coefficient (Wildman–Crippen LogP) is 5.99. The van der Waals surface area contributed by atoms with E-state index in [0.29, 0.717) is 31.5 Å². The van der Waals surface area contributed by atoms with Crippen LogP contribution in [0.1, 0.15) is 90.5 Å². The number of carbonyl (C=O) groups is 3. The molecule has 1 fully saturated rings. The lowest BCUT2D eigenvalue weighted by Gasteiger charge is -2.17. The van der Waals surface area contributed by atoms with E-state index in [1.807, 2.05) is 24.3 Å². The summed E-state index contributed by atoms with van der Waals surface area (Å²) in [6, 6.07) is 17.0. The minimum Gasteiger partial charge on any atom is -0.478 e. The Labute approximate surface area is 263 Å². The third-order valence-electron chi connectivity index (χ3n) is 9.29. The maximum absolute atomic E-state index is 13.7. The van der Waals surface area contributed by atoms with Crippen LogP contribution in [0.15, 0.2) is 66.7 Å². The van der Waals surface area contributed by atoms with Crippen LogP contribution < -0.4 is 5.32 Å². The van der Waals surface area contributed by atoms with Crippen molar-refractivity contribution in [1.29, 1.82) is 0 Å². The van der Waals surface area contributed by atoms with Crippen LogP contribution in [0.2, 0.25) is 0 Å². The zero-order valence-corrected chi connectivity index (χ0v) is 24.7. The van der Waals surface area contributed by atoms with Crippen molar-refractivity contribution in [2.24, 2.45) is 0 Å². The van der Waals surface area contributed by atoms with Gasteiger partial charge >= 0.3 is 5.97 Å². The van der Waals surface area contributed by atoms with Gasteiger partial charge < -0.3 is 15.3 Å². The molecule has 3 heterocycles. The summed E-state index contributed by atoms with van der Waals surface area (Å²) in [6.07, 6.45) is 3.39. The highest BCUT2D eigenvalue weighted by Crippen LogP contribution is 2.47. The lowest BCUT2D eigenvalue weighted by Crippen LogP contribution is -2.27. The maximum Gasteiger partial charge on any atom is 0.338 e. The second kappa shape index (κ2) is 11.5. The van der Waals surface area contributed by atoms with E-state index in [9.17, 15) is 34.0 Å². The maximum atomic E-state index is 13.7. The number of aryl methyl sites for hydroxylation is 3. The van der Waals surface area contributed by atoms with Crippen LogP contribution in [-0.4, -0.2) is 44.2 Å². The van der Waals surface area contributed by atoms with Crippen LogP contribution in [-0.2, 0) is 19.3 Å². The molecular weight excluding hydrogens is 591 g/mol. The number of benzene rings is 3. The number of aromatic nitrogens is 1. The molecule has 2 amide bonds. The Morgan fingerprint density at radius 1 is 1.04 bits per heavy atom. The van der Waals surface area contributed by atoms with Gasteiger partial charge in [-0.1, -0.05) is 36.4 Å². The summed E-state index contributed by atoms with van der Waals surface area (Å²) in [6.45, 7) is 0.470. The van der Waals surface area contributed by atoms with E-state index >= 15 is 0 Å². The molecular formula is C35H29FN4O6. The highest BCUT2D eigenvalue weighted by Gasteiger charge is 2.45. The summed E-state index contributed by atoms with van der Waals surface area (Å²) in [5, 5.41) is 26.0. The molecule has 232 valence electrons. The number of pyridine rings is 1. The van der Waals surface area contributed by atoms with Crippen molar-refractivity contribution < 1.29 is 28.8 Å². The lowest BCUT2D eigenvalue weighted by molar-refractivity contribution is -0.384. The number of carboxylic acids is 1. The first-order chi connectivity index (χ1) is 22.2. The first-order valence-electron chi connectivity index (χ1n) is 15.2. The minimum absolute atomic E-state index is 0.0471. The van der Waals surface area contributed by atoms with Gasteiger partial charge in [0.2, 0.25) is 0 Å². The summed E-state index contributed by atoms with van der Waals surface area (Å²) in [5.74, 6) is -2.68. The number of nitro groups is 1. The third kappa shape index (κ3) is 4.97. The molecule has 1 aliphatic carbocycles. The molecule has 2 N–H and O–H groups in total. The number of halogens is 1. The van der Waals surface area contributed by atoms with Crippen LogP contribution in [0.5, 0.6) is 0 Å². The Morgan fingerprint density at radius 3 is 2.59 bits per heavy atom. The normalized spacial score (nSPS) is 17.8. The van der Waals surface area contributed by atoms with Crippen molar-refractivity contribution in [3.05, 3.63) is 127 Å². The van der Waals surface area contributed by atoms with Crippen LogP contribution in [0.3, 0.4) is 0 Å². The van der Waals surface area contributed by atoms with Crippen molar-refractivity contribution in [2.45, 2.75) is 50.6 Å². The van der Waals surface area contributed by atoms with Gasteiger partial charge in [0.05, 0.1) is 45.1 Å². The number of rotatable bonds is 8. The average molecular weight is 621 g/mol. The molecule has 1 saturated heterocycles. The standard InChI is InChI=1S/C35H29FN4O6/c36-22-12-7-19(8-13-22)9-15-26-30(35(43)44)29(31-32(37-26)27-6-3-17-39(27)34(31)42)24-14-10-21(18-28(24)40(45)46)33(41)38-25-16-11-20-4-1-2-5-23(20)25/h1-2,4-5,7-8,10,12-14,18,25,27H,3,6,9,11,15-17H2,(H,38,41)(H,43,44)/t25-,27+/m1/s1. The summed E-state index contributed by atoms with van der Waals surface area (Å²) >= 11 is 0. The van der Waals surface area contributed by atoms with E-state index in [2.05, 4.69) is 5.32 Å². The molecule has 0 radical (unpaired) electrons. The monoisotopic (exact) mass is 620 g/mol. The Kier molecular flexibility index (Phi) is 7.31. The molecule has 0 spiro atoms. The van der Waals surface area contributed by atoms with Crippen molar-refractivity contribution in [3.63, 3.8) is 0 Å². The van der Waals surface area contributed by atoms with Crippen molar-refractivity contribution in [3.8, 4) is 11.1 Å². The average Bonchev–Trinajstić information content (AvgIpc) is 3.76. The first kappa shape index (κ1) is 29.3. The van der Waals surface area contributed by atoms with Gasteiger partial charge in [-0.15, -0.1) is 0 Å². The summed E-state index contributed by atoms with van der Waals surface area (Å²) in [4.78, 5) is 58.3. The lowest BCUT2D eigenvalue weighted by atomic mass is 9.88. The molecule has 2 aliphatic heterocycles. The molecule has 3 aliphatic rings. The molecule has 2 atom stereocenters. The van der Waals surface area contributed by atoms with Gasteiger partial charge in [0.15, 0.2) is 0 Å². The number of fused-ring (bicyclic) bond motifs is 4. The number of carbonyl (C=O) groups excluding carboxylic acids is 2. The highest BCUT2D eigenvalue weighted by molar-refractivity contribution is 6.11. The van der Waals surface area contributed by atoms with Crippen LogP contribution >= 0.6 is 0 Å². The number of aromatic carboxylic acids is 1. The zero-order chi connectivity index (χ0) is 32.1. The first-order valence-corrected chi connectivity index (χ1v) is 15.2. The quantitative estimate of drug-likeness (QED) is 0.182. The van der Waals surface area contributed by atoms with Crippen molar-refractivity contribution >= 4 is 23.5 Å². The molecule has 0 unspecified atom stereocenters. The summed E-state index contributed by atoms with van der Waals surface area (Å²) < 4.78 is 13.5. The van der Waals surface area contributed by atoms with E-state index in [0.717, 1.165) is 35.6 Å². The SMILES string of the molecule is O=C(N[C@@H]1CCc2ccccc21)c1ccc(-c2c(C(=O)O)c(CCc3ccc(F)cc3)nc3c2C(=O)N2CCC[C@@H]32)c([N+](=O)[O-])c1. The second-order valence-corrected chi connectivity index (χ2v) is 11.9. The number of hydrogen-bond donors (Lipinski definition) is 2. The molecule has 1 aromatic heterocycles. The molecule has 3 aromatic carbocycles. The fourth-order valence-electron chi connectivity index (χ4n) is 7.13. The van der Waals surface area contributed by atoms with Crippen molar-refractivity contribution in [1.82, 2.24) is 15.2 Å². The smallest absolute Gasteiger partial charge is 0.338 e. The Balaban J connectivity index is 1.33. The summed E-state index contributed by atoms with van der Waals surface area (Å²) in [5.41, 5.74) is 2.69. The molecule has 46 heavy (non-hydrogen) atoms. The topological polar surface area (TPSA) is 143 Å². The highest BCUT2D eigenvalue weighted by atomic mass is 19.1. The number of amides is 2. The molecule has 4 aromatic rings. The van der Waals surface area contributed by atoms with Crippen LogP contribution in [0.4, 0.5) is 10.1 Å². The fraction of sp³-hybridized carbons (Fsp3) is 0.257. The molecule has 0 saturated carbocycles. The zero-order valence-electron chi connectivity index (χ0n) is 24.7. The second-order valence-electron chi connectivity index (χ2n) is 11.9. The van der Waals surface area contributed by atoms with Gasteiger partial charge in [0.1, 0.15) is 5.82 Å².